The van der Waals surface area contributed by atoms with Crippen LogP contribution in [0.1, 0.15) is 39.3 Å². The maximum absolute atomic E-state index is 13.0. The third-order valence-corrected chi connectivity index (χ3v) is 5.98. The third-order valence-electron chi connectivity index (χ3n) is 5.98. The number of para-hydroxylation sites is 1. The standard InChI is InChI=1S/C23H21N3O4/c1-29-20-9-5-3-7-16(20)18-14-19(25-24-18)21(27)26-12-10-23(11-13-26)17-8-4-2-6-15(17)22(28)30-23/h2-9,14H,10-13H2,1H3,(H,24,25). The lowest BCUT2D eigenvalue weighted by Gasteiger charge is -2.38. The molecule has 7 heteroatoms. The highest BCUT2D eigenvalue weighted by atomic mass is 16.6. The Bertz CT molecular complexity index is 1130. The van der Waals surface area contributed by atoms with Crippen LogP contribution in [-0.2, 0) is 10.3 Å². The number of nitrogens with zero attached hydrogens (tertiary/aromatic N) is 2. The van der Waals surface area contributed by atoms with E-state index in [4.69, 9.17) is 9.47 Å². The second kappa shape index (κ2) is 7.02. The first-order valence-corrected chi connectivity index (χ1v) is 9.92. The van der Waals surface area contributed by atoms with Crippen molar-refractivity contribution in [2.75, 3.05) is 20.2 Å². The van der Waals surface area contributed by atoms with E-state index < -0.39 is 5.60 Å². The van der Waals surface area contributed by atoms with E-state index in [1.54, 1.807) is 24.1 Å². The van der Waals surface area contributed by atoms with Gasteiger partial charge in [0.15, 0.2) is 0 Å². The van der Waals surface area contributed by atoms with Gasteiger partial charge in [-0.1, -0.05) is 30.3 Å². The number of carbonyl (C=O) groups is 2. The molecular formula is C23H21N3O4. The molecule has 1 saturated heterocycles. The number of aromatic amines is 1. The number of amides is 1. The normalized spacial score (nSPS) is 17.0. The average molecular weight is 403 g/mol. The summed E-state index contributed by atoms with van der Waals surface area (Å²) < 4.78 is 11.2. The number of H-pyrrole nitrogens is 1. The van der Waals surface area contributed by atoms with Crippen LogP contribution in [0.25, 0.3) is 11.3 Å². The van der Waals surface area contributed by atoms with Crippen LogP contribution in [0.5, 0.6) is 5.75 Å². The van der Waals surface area contributed by atoms with Crippen molar-refractivity contribution < 1.29 is 19.1 Å². The van der Waals surface area contributed by atoms with Gasteiger partial charge in [-0.2, -0.15) is 5.10 Å². The molecule has 152 valence electrons. The van der Waals surface area contributed by atoms with E-state index in [-0.39, 0.29) is 11.9 Å². The average Bonchev–Trinajstić information content (AvgIpc) is 3.38. The minimum Gasteiger partial charge on any atom is -0.496 e. The molecule has 1 N–H and O–H groups in total. The first-order valence-electron chi connectivity index (χ1n) is 9.92. The van der Waals surface area contributed by atoms with Gasteiger partial charge in [0.2, 0.25) is 0 Å². The lowest BCUT2D eigenvalue weighted by Crippen LogP contribution is -2.45. The van der Waals surface area contributed by atoms with E-state index in [0.29, 0.717) is 48.6 Å². The van der Waals surface area contributed by atoms with Gasteiger partial charge in [-0.05, 0) is 24.3 Å². The summed E-state index contributed by atoms with van der Waals surface area (Å²) in [6, 6.07) is 16.8. The third kappa shape index (κ3) is 2.85. The second-order valence-electron chi connectivity index (χ2n) is 7.59. The fourth-order valence-electron chi connectivity index (χ4n) is 4.38. The van der Waals surface area contributed by atoms with Crippen LogP contribution in [0.4, 0.5) is 0 Å². The van der Waals surface area contributed by atoms with E-state index in [9.17, 15) is 9.59 Å². The minimum absolute atomic E-state index is 0.115. The Kier molecular flexibility index (Phi) is 4.31. The fourth-order valence-corrected chi connectivity index (χ4v) is 4.38. The topological polar surface area (TPSA) is 84.5 Å². The van der Waals surface area contributed by atoms with Crippen molar-refractivity contribution in [1.29, 1.82) is 0 Å². The Morgan fingerprint density at radius 2 is 1.80 bits per heavy atom. The summed E-state index contributed by atoms with van der Waals surface area (Å²) >= 11 is 0. The Balaban J connectivity index is 1.33. The Hall–Kier alpha value is -3.61. The Morgan fingerprint density at radius 3 is 2.57 bits per heavy atom. The SMILES string of the molecule is COc1ccccc1-c1cc(C(=O)N2CCC3(CC2)OC(=O)c2ccccc23)[nH]n1. The highest BCUT2D eigenvalue weighted by molar-refractivity contribution is 5.95. The van der Waals surface area contributed by atoms with Crippen LogP contribution in [0.2, 0.25) is 0 Å². The monoisotopic (exact) mass is 403 g/mol. The summed E-state index contributed by atoms with van der Waals surface area (Å²) in [6.07, 6.45) is 1.16. The van der Waals surface area contributed by atoms with E-state index in [0.717, 1.165) is 11.1 Å². The van der Waals surface area contributed by atoms with Gasteiger partial charge in [-0.15, -0.1) is 0 Å². The van der Waals surface area contributed by atoms with E-state index in [1.807, 2.05) is 42.5 Å². The van der Waals surface area contributed by atoms with E-state index in [1.165, 1.54) is 0 Å². The van der Waals surface area contributed by atoms with Crippen LogP contribution in [0, 0.1) is 0 Å². The molecule has 0 bridgehead atoms. The number of benzene rings is 2. The lowest BCUT2D eigenvalue weighted by molar-refractivity contribution is -0.0390. The highest BCUT2D eigenvalue weighted by Crippen LogP contribution is 2.44. The van der Waals surface area contributed by atoms with Crippen molar-refractivity contribution in [1.82, 2.24) is 15.1 Å². The molecule has 30 heavy (non-hydrogen) atoms. The zero-order chi connectivity index (χ0) is 20.7. The summed E-state index contributed by atoms with van der Waals surface area (Å²) in [4.78, 5) is 27.0. The van der Waals surface area contributed by atoms with Crippen LogP contribution >= 0.6 is 0 Å². The first kappa shape index (κ1) is 18.4. The summed E-state index contributed by atoms with van der Waals surface area (Å²) in [5.74, 6) is 0.307. The maximum atomic E-state index is 13.0. The number of likely N-dealkylation sites (tertiary alicyclic amines) is 1. The molecule has 2 aliphatic heterocycles. The molecule has 0 aliphatic carbocycles. The van der Waals surface area contributed by atoms with E-state index in [2.05, 4.69) is 10.2 Å². The Labute approximate surface area is 173 Å². The van der Waals surface area contributed by atoms with Gasteiger partial charge < -0.3 is 14.4 Å². The predicted molar refractivity (Wildman–Crippen MR) is 109 cm³/mol. The number of piperidine rings is 1. The number of hydrogen-bond donors (Lipinski definition) is 1. The molecule has 3 aromatic rings. The molecule has 0 atom stereocenters. The molecule has 1 spiro atoms. The minimum atomic E-state index is -0.624. The van der Waals surface area contributed by atoms with Crippen molar-refractivity contribution in [2.24, 2.45) is 0 Å². The molecule has 7 nitrogen and oxygen atoms in total. The van der Waals surface area contributed by atoms with Crippen molar-refractivity contribution >= 4 is 11.9 Å². The van der Waals surface area contributed by atoms with Crippen molar-refractivity contribution in [3.8, 4) is 17.0 Å². The van der Waals surface area contributed by atoms with Gasteiger partial charge in [0.25, 0.3) is 5.91 Å². The number of esters is 1. The molecule has 1 aromatic heterocycles. The molecule has 0 saturated carbocycles. The summed E-state index contributed by atoms with van der Waals surface area (Å²) in [5.41, 5.74) is 2.84. The van der Waals surface area contributed by atoms with Gasteiger partial charge in [0.05, 0.1) is 18.4 Å². The number of fused-ring (bicyclic) bond motifs is 2. The van der Waals surface area contributed by atoms with Crippen molar-refractivity contribution in [2.45, 2.75) is 18.4 Å². The molecule has 5 rings (SSSR count). The molecular weight excluding hydrogens is 382 g/mol. The summed E-state index contributed by atoms with van der Waals surface area (Å²) in [6.45, 7) is 1.01. The number of ether oxygens (including phenoxy) is 2. The molecule has 2 aliphatic rings. The van der Waals surface area contributed by atoms with Gasteiger partial charge in [-0.3, -0.25) is 9.89 Å². The zero-order valence-corrected chi connectivity index (χ0v) is 16.6. The second-order valence-corrected chi connectivity index (χ2v) is 7.59. The number of rotatable bonds is 3. The van der Waals surface area contributed by atoms with Gasteiger partial charge >= 0.3 is 5.97 Å². The molecule has 3 heterocycles. The quantitative estimate of drug-likeness (QED) is 0.678. The largest absolute Gasteiger partial charge is 0.496 e. The number of carbonyl (C=O) groups excluding carboxylic acids is 2. The van der Waals surface area contributed by atoms with Crippen LogP contribution in [0.15, 0.2) is 54.6 Å². The molecule has 1 fully saturated rings. The van der Waals surface area contributed by atoms with Gasteiger partial charge in [0, 0.05) is 37.1 Å². The fraction of sp³-hybridized carbons (Fsp3) is 0.261. The van der Waals surface area contributed by atoms with Crippen LogP contribution in [-0.4, -0.2) is 47.2 Å². The van der Waals surface area contributed by atoms with Crippen molar-refractivity contribution in [3.63, 3.8) is 0 Å². The van der Waals surface area contributed by atoms with Gasteiger partial charge in [0.1, 0.15) is 17.0 Å². The smallest absolute Gasteiger partial charge is 0.339 e. The number of hydrogen-bond acceptors (Lipinski definition) is 5. The van der Waals surface area contributed by atoms with Gasteiger partial charge in [-0.25, -0.2) is 4.79 Å². The predicted octanol–water partition coefficient (Wildman–Crippen LogP) is 3.39. The van der Waals surface area contributed by atoms with Crippen LogP contribution in [0.3, 0.4) is 0 Å². The molecule has 0 radical (unpaired) electrons. The maximum Gasteiger partial charge on any atom is 0.339 e. The van der Waals surface area contributed by atoms with Crippen molar-refractivity contribution in [3.05, 3.63) is 71.4 Å². The number of methoxy groups -OCH3 is 1. The molecule has 2 aromatic carbocycles. The summed E-state index contributed by atoms with van der Waals surface area (Å²) in [7, 11) is 1.61. The van der Waals surface area contributed by atoms with Crippen LogP contribution < -0.4 is 4.74 Å². The highest BCUT2D eigenvalue weighted by Gasteiger charge is 2.47. The molecule has 0 unspecified atom stereocenters. The zero-order valence-electron chi connectivity index (χ0n) is 16.6. The summed E-state index contributed by atoms with van der Waals surface area (Å²) in [5, 5.41) is 7.15. The number of nitrogens with one attached hydrogen (secondary N) is 1. The number of aromatic nitrogens is 2. The molecule has 1 amide bonds. The van der Waals surface area contributed by atoms with E-state index >= 15 is 0 Å². The first-order chi connectivity index (χ1) is 14.6. The Morgan fingerprint density at radius 1 is 1.10 bits per heavy atom. The lowest BCUT2D eigenvalue weighted by atomic mass is 9.83.